The van der Waals surface area contributed by atoms with Crippen LogP contribution in [0, 0.1) is 6.92 Å². The fourth-order valence-corrected chi connectivity index (χ4v) is 0.995. The second-order valence-corrected chi connectivity index (χ2v) is 2.53. The quantitative estimate of drug-likeness (QED) is 0.718. The second kappa shape index (κ2) is 6.32. The molecule has 0 amide bonds. The van der Waals surface area contributed by atoms with Crippen LogP contribution < -0.4 is 4.94 Å². The molecule has 78 valence electrons. The van der Waals surface area contributed by atoms with Gasteiger partial charge in [-0.1, -0.05) is 13.8 Å². The molecule has 0 unspecified atom stereocenters. The molecular formula is C9H11ClFNO2. The summed E-state index contributed by atoms with van der Waals surface area (Å²) >= 11 is 5.17. The van der Waals surface area contributed by atoms with E-state index in [-0.39, 0.29) is 11.4 Å². The summed E-state index contributed by atoms with van der Waals surface area (Å²) in [5.74, 6) is -0.0471. The number of hydrogen-bond acceptors (Lipinski definition) is 3. The van der Waals surface area contributed by atoms with E-state index in [0.29, 0.717) is 5.56 Å². The van der Waals surface area contributed by atoms with Crippen LogP contribution in [-0.4, -0.2) is 10.2 Å². The van der Waals surface area contributed by atoms with Gasteiger partial charge in [0.2, 0.25) is 0 Å². The molecule has 0 aliphatic heterocycles. The first-order chi connectivity index (χ1) is 6.65. The molecule has 0 saturated carbocycles. The highest BCUT2D eigenvalue weighted by Gasteiger charge is 2.08. The molecule has 1 aromatic rings. The van der Waals surface area contributed by atoms with Crippen molar-refractivity contribution in [2.24, 2.45) is 0 Å². The molecule has 1 aromatic heterocycles. The highest BCUT2D eigenvalue weighted by molar-refractivity contribution is 6.67. The number of pyridine rings is 1. The molecule has 0 aliphatic rings. The predicted octanol–water partition coefficient (Wildman–Crippen LogP) is 3.06. The summed E-state index contributed by atoms with van der Waals surface area (Å²) < 4.78 is 11.6. The van der Waals surface area contributed by atoms with Crippen LogP contribution in [0.4, 0.5) is 4.53 Å². The molecule has 0 spiro atoms. The molecule has 0 aliphatic carbocycles. The maximum Gasteiger partial charge on any atom is 0.271 e. The van der Waals surface area contributed by atoms with Crippen LogP contribution in [0.3, 0.4) is 0 Å². The molecule has 14 heavy (non-hydrogen) atoms. The normalized spacial score (nSPS) is 8.64. The van der Waals surface area contributed by atoms with Gasteiger partial charge in [-0.2, -0.15) is 0 Å². The molecule has 0 N–H and O–H groups in total. The molecular weight excluding hydrogens is 209 g/mol. The maximum atomic E-state index is 11.6. The van der Waals surface area contributed by atoms with Crippen molar-refractivity contribution < 1.29 is 14.3 Å². The van der Waals surface area contributed by atoms with E-state index >= 15 is 0 Å². The number of nitrogens with zero attached hydrogens (tertiary/aromatic N) is 1. The zero-order chi connectivity index (χ0) is 11.1. The number of aryl methyl sites for hydroxylation is 1. The largest absolute Gasteiger partial charge is 0.293 e. The fraction of sp³-hybridized carbons (Fsp3) is 0.333. The summed E-state index contributed by atoms with van der Waals surface area (Å²) in [6.07, 6.45) is 1.09. The zero-order valence-corrected chi connectivity index (χ0v) is 8.93. The number of hydrogen-bond donors (Lipinski definition) is 0. The Bertz CT molecular complexity index is 318. The average Bonchev–Trinajstić information content (AvgIpc) is 2.20. The van der Waals surface area contributed by atoms with Gasteiger partial charge in [-0.15, -0.1) is 0 Å². The average molecular weight is 220 g/mol. The van der Waals surface area contributed by atoms with E-state index in [1.54, 1.807) is 6.92 Å². The van der Waals surface area contributed by atoms with Gasteiger partial charge in [-0.3, -0.25) is 9.74 Å². The Morgan fingerprint density at radius 1 is 1.57 bits per heavy atom. The number of carbonyl (C=O) groups is 1. The molecule has 1 heterocycles. The van der Waals surface area contributed by atoms with Gasteiger partial charge in [0.15, 0.2) is 5.75 Å². The van der Waals surface area contributed by atoms with E-state index in [1.165, 1.54) is 6.07 Å². The van der Waals surface area contributed by atoms with Crippen molar-refractivity contribution in [1.82, 2.24) is 4.98 Å². The minimum atomic E-state index is -0.669. The van der Waals surface area contributed by atoms with E-state index in [0.717, 1.165) is 6.20 Å². The standard InChI is InChI=1S/C7H5ClFNO2.C2H6/c1-4-2-5(12-9)3-10-6(4)7(8)11;1-2/h2-3H,1H3;1-2H3. The van der Waals surface area contributed by atoms with E-state index in [1.807, 2.05) is 13.8 Å². The highest BCUT2D eigenvalue weighted by atomic mass is 35.5. The van der Waals surface area contributed by atoms with Crippen LogP contribution in [-0.2, 0) is 0 Å². The Labute approximate surface area is 86.8 Å². The number of halogens is 2. The fourth-order valence-electron chi connectivity index (χ4n) is 0.797. The van der Waals surface area contributed by atoms with Gasteiger partial charge in [-0.25, -0.2) is 4.98 Å². The Hall–Kier alpha value is -1.16. The Morgan fingerprint density at radius 2 is 2.14 bits per heavy atom. The molecule has 5 heteroatoms. The summed E-state index contributed by atoms with van der Waals surface area (Å²) in [6.45, 7) is 5.59. The third kappa shape index (κ3) is 3.30. The van der Waals surface area contributed by atoms with E-state index in [2.05, 4.69) is 9.93 Å². The predicted molar refractivity (Wildman–Crippen MR) is 52.2 cm³/mol. The first-order valence-corrected chi connectivity index (χ1v) is 4.48. The van der Waals surface area contributed by atoms with Gasteiger partial charge >= 0.3 is 0 Å². The Morgan fingerprint density at radius 3 is 2.50 bits per heavy atom. The third-order valence-electron chi connectivity index (χ3n) is 1.33. The van der Waals surface area contributed by atoms with Crippen molar-refractivity contribution in [2.75, 3.05) is 0 Å². The van der Waals surface area contributed by atoms with Crippen LogP contribution in [0.2, 0.25) is 0 Å². The molecule has 0 saturated heterocycles. The van der Waals surface area contributed by atoms with Crippen molar-refractivity contribution in [2.45, 2.75) is 20.8 Å². The molecule has 0 fully saturated rings. The third-order valence-corrected chi connectivity index (χ3v) is 1.51. The van der Waals surface area contributed by atoms with Crippen molar-refractivity contribution in [3.05, 3.63) is 23.5 Å². The van der Waals surface area contributed by atoms with Gasteiger partial charge in [0.25, 0.3) is 5.24 Å². The molecule has 1 rings (SSSR count). The van der Waals surface area contributed by atoms with Gasteiger partial charge < -0.3 is 0 Å². The van der Waals surface area contributed by atoms with Crippen molar-refractivity contribution in [1.29, 1.82) is 0 Å². The minimum Gasteiger partial charge on any atom is -0.293 e. The Kier molecular flexibility index (Phi) is 5.79. The van der Waals surface area contributed by atoms with Crippen LogP contribution in [0.15, 0.2) is 12.3 Å². The zero-order valence-electron chi connectivity index (χ0n) is 8.17. The molecule has 0 bridgehead atoms. The van der Waals surface area contributed by atoms with Gasteiger partial charge in [0.1, 0.15) is 5.69 Å². The molecule has 0 atom stereocenters. The molecule has 0 aromatic carbocycles. The summed E-state index contributed by atoms with van der Waals surface area (Å²) in [6, 6.07) is 1.34. The number of carbonyl (C=O) groups excluding carboxylic acids is 1. The number of rotatable bonds is 2. The minimum absolute atomic E-state index is 0.0471. The highest BCUT2D eigenvalue weighted by Crippen LogP contribution is 2.15. The Balaban J connectivity index is 0.000000791. The van der Waals surface area contributed by atoms with E-state index < -0.39 is 5.24 Å². The lowest BCUT2D eigenvalue weighted by Crippen LogP contribution is -1.97. The van der Waals surface area contributed by atoms with Gasteiger partial charge in [0, 0.05) is 4.53 Å². The van der Waals surface area contributed by atoms with Crippen LogP contribution >= 0.6 is 11.6 Å². The first-order valence-electron chi connectivity index (χ1n) is 4.10. The first kappa shape index (κ1) is 12.8. The molecule has 3 nitrogen and oxygen atoms in total. The van der Waals surface area contributed by atoms with Crippen molar-refractivity contribution in [3.63, 3.8) is 0 Å². The van der Waals surface area contributed by atoms with E-state index in [4.69, 9.17) is 11.6 Å². The second-order valence-electron chi connectivity index (χ2n) is 2.19. The lowest BCUT2D eigenvalue weighted by Gasteiger charge is -1.99. The van der Waals surface area contributed by atoms with Crippen molar-refractivity contribution >= 4 is 16.8 Å². The van der Waals surface area contributed by atoms with Gasteiger partial charge in [-0.05, 0) is 30.2 Å². The summed E-state index contributed by atoms with van der Waals surface area (Å²) in [4.78, 5) is 17.6. The smallest absolute Gasteiger partial charge is 0.271 e. The van der Waals surface area contributed by atoms with Crippen LogP contribution in [0.25, 0.3) is 0 Å². The number of aromatic nitrogens is 1. The SMILES string of the molecule is CC.Cc1cc(OF)cnc1C(=O)Cl. The lowest BCUT2D eigenvalue weighted by atomic mass is 10.2. The monoisotopic (exact) mass is 219 g/mol. The topological polar surface area (TPSA) is 39.2 Å². The van der Waals surface area contributed by atoms with Crippen molar-refractivity contribution in [3.8, 4) is 5.75 Å². The maximum absolute atomic E-state index is 11.6. The summed E-state index contributed by atoms with van der Waals surface area (Å²) in [5, 5.41) is -0.669. The molecule has 0 radical (unpaired) electrons. The van der Waals surface area contributed by atoms with Gasteiger partial charge in [0.05, 0.1) is 6.20 Å². The van der Waals surface area contributed by atoms with Crippen LogP contribution in [0.5, 0.6) is 5.75 Å². The lowest BCUT2D eigenvalue weighted by molar-refractivity contribution is -0.00672. The van der Waals surface area contributed by atoms with E-state index in [9.17, 15) is 9.32 Å². The summed E-state index contributed by atoms with van der Waals surface area (Å²) in [5.41, 5.74) is 0.586. The summed E-state index contributed by atoms with van der Waals surface area (Å²) in [7, 11) is 0. The van der Waals surface area contributed by atoms with Crippen LogP contribution in [0.1, 0.15) is 29.9 Å².